The zero-order valence-corrected chi connectivity index (χ0v) is 16.2. The van der Waals surface area contributed by atoms with Crippen LogP contribution in [0.4, 0.5) is 0 Å². The fraction of sp³-hybridized carbons (Fsp3) is 0.765. The van der Waals surface area contributed by atoms with Gasteiger partial charge in [-0.1, -0.05) is 34.1 Å². The molecule has 3 amide bonds. The second kappa shape index (κ2) is 11.5. The fourth-order valence-corrected chi connectivity index (χ4v) is 2.30. The van der Waals surface area contributed by atoms with Crippen LogP contribution in [-0.4, -0.2) is 53.5 Å². The second-order valence-corrected chi connectivity index (χ2v) is 6.89. The van der Waals surface area contributed by atoms with Crippen LogP contribution in [0.15, 0.2) is 0 Å². The van der Waals surface area contributed by atoms with Crippen LogP contribution in [0.1, 0.15) is 47.5 Å². The molecule has 0 spiro atoms. The third-order valence-corrected chi connectivity index (χ3v) is 4.07. The molecule has 0 aliphatic rings. The Bertz CT molecular complexity index is 509. The van der Waals surface area contributed by atoms with E-state index < -0.39 is 41.8 Å². The van der Waals surface area contributed by atoms with Crippen LogP contribution < -0.4 is 21.7 Å². The Morgan fingerprint density at radius 2 is 1.54 bits per heavy atom. The van der Waals surface area contributed by atoms with Crippen molar-refractivity contribution in [3.8, 4) is 0 Å². The molecule has 0 radical (unpaired) electrons. The number of nitrogens with two attached hydrogens (primary N) is 1. The highest BCUT2D eigenvalue weighted by atomic mass is 16.4. The van der Waals surface area contributed by atoms with E-state index in [2.05, 4.69) is 16.0 Å². The van der Waals surface area contributed by atoms with Crippen LogP contribution in [0.3, 0.4) is 0 Å². The van der Waals surface area contributed by atoms with Crippen LogP contribution in [0.5, 0.6) is 0 Å². The molecule has 0 aromatic rings. The number of hydrogen-bond donors (Lipinski definition) is 5. The van der Waals surface area contributed by atoms with Gasteiger partial charge in [-0.05, 0) is 25.2 Å². The van der Waals surface area contributed by atoms with Gasteiger partial charge < -0.3 is 26.8 Å². The SMILES string of the molecule is CCC(C)[C@H](NC(=O)[C@H](C)NC(=O)CN)C(=O)N[C@@H](CC(C)C)C(=O)O. The number of rotatable bonds is 11. The maximum Gasteiger partial charge on any atom is 0.326 e. The summed E-state index contributed by atoms with van der Waals surface area (Å²) in [7, 11) is 0. The van der Waals surface area contributed by atoms with Crippen LogP contribution in [0.25, 0.3) is 0 Å². The van der Waals surface area contributed by atoms with Gasteiger partial charge in [0.15, 0.2) is 0 Å². The molecule has 0 aliphatic carbocycles. The summed E-state index contributed by atoms with van der Waals surface area (Å²) in [5, 5.41) is 16.8. The van der Waals surface area contributed by atoms with Gasteiger partial charge in [-0.25, -0.2) is 4.79 Å². The smallest absolute Gasteiger partial charge is 0.326 e. The molecule has 0 fully saturated rings. The van der Waals surface area contributed by atoms with E-state index in [0.717, 1.165) is 0 Å². The largest absolute Gasteiger partial charge is 0.480 e. The van der Waals surface area contributed by atoms with Gasteiger partial charge in [0, 0.05) is 0 Å². The monoisotopic (exact) mass is 372 g/mol. The summed E-state index contributed by atoms with van der Waals surface area (Å²) < 4.78 is 0. The first-order valence-electron chi connectivity index (χ1n) is 8.86. The summed E-state index contributed by atoms with van der Waals surface area (Å²) >= 11 is 0. The molecule has 0 aliphatic heterocycles. The van der Waals surface area contributed by atoms with Gasteiger partial charge in [-0.15, -0.1) is 0 Å². The highest BCUT2D eigenvalue weighted by Gasteiger charge is 2.31. The molecular weight excluding hydrogens is 340 g/mol. The lowest BCUT2D eigenvalue weighted by Gasteiger charge is -2.27. The van der Waals surface area contributed by atoms with Gasteiger partial charge in [0.1, 0.15) is 18.1 Å². The van der Waals surface area contributed by atoms with Gasteiger partial charge in [-0.2, -0.15) is 0 Å². The number of carbonyl (C=O) groups is 4. The summed E-state index contributed by atoms with van der Waals surface area (Å²) in [4.78, 5) is 47.5. The molecule has 0 bridgehead atoms. The summed E-state index contributed by atoms with van der Waals surface area (Å²) in [6.07, 6.45) is 0.884. The van der Waals surface area contributed by atoms with Crippen molar-refractivity contribution in [2.75, 3.05) is 6.54 Å². The predicted octanol–water partition coefficient (Wildman–Crippen LogP) is -0.404. The van der Waals surface area contributed by atoms with Gasteiger partial charge in [0.2, 0.25) is 17.7 Å². The Morgan fingerprint density at radius 3 is 1.96 bits per heavy atom. The van der Waals surface area contributed by atoms with E-state index in [1.807, 2.05) is 20.8 Å². The minimum Gasteiger partial charge on any atom is -0.480 e. The maximum absolute atomic E-state index is 12.6. The molecular formula is C17H32N4O5. The van der Waals surface area contributed by atoms with Crippen molar-refractivity contribution in [2.24, 2.45) is 17.6 Å². The summed E-state index contributed by atoms with van der Waals surface area (Å²) in [6.45, 7) is 8.59. The maximum atomic E-state index is 12.6. The van der Waals surface area contributed by atoms with Crippen LogP contribution in [-0.2, 0) is 19.2 Å². The zero-order chi connectivity index (χ0) is 20.4. The third kappa shape index (κ3) is 8.28. The quantitative estimate of drug-likeness (QED) is 0.333. The van der Waals surface area contributed by atoms with Gasteiger partial charge >= 0.3 is 5.97 Å². The van der Waals surface area contributed by atoms with Crippen molar-refractivity contribution in [2.45, 2.75) is 65.6 Å². The third-order valence-electron chi connectivity index (χ3n) is 4.07. The Balaban J connectivity index is 5.12. The summed E-state index contributed by atoms with van der Waals surface area (Å²) in [5.74, 6) is -2.84. The molecule has 0 saturated carbocycles. The van der Waals surface area contributed by atoms with Gasteiger partial charge in [0.25, 0.3) is 0 Å². The minimum absolute atomic E-state index is 0.0829. The predicted molar refractivity (Wildman–Crippen MR) is 97.1 cm³/mol. The fourth-order valence-electron chi connectivity index (χ4n) is 2.30. The van der Waals surface area contributed by atoms with Crippen molar-refractivity contribution in [3.63, 3.8) is 0 Å². The number of nitrogens with one attached hydrogen (secondary N) is 3. The molecule has 9 nitrogen and oxygen atoms in total. The number of hydrogen-bond acceptors (Lipinski definition) is 5. The molecule has 4 atom stereocenters. The van der Waals surface area contributed by atoms with Crippen molar-refractivity contribution >= 4 is 23.7 Å². The molecule has 150 valence electrons. The van der Waals surface area contributed by atoms with E-state index in [1.165, 1.54) is 6.92 Å². The van der Waals surface area contributed by atoms with Crippen LogP contribution in [0, 0.1) is 11.8 Å². The van der Waals surface area contributed by atoms with E-state index in [4.69, 9.17) is 5.73 Å². The van der Waals surface area contributed by atoms with Crippen molar-refractivity contribution < 1.29 is 24.3 Å². The lowest BCUT2D eigenvalue weighted by molar-refractivity contribution is -0.143. The first-order chi connectivity index (χ1) is 12.0. The molecule has 9 heteroatoms. The normalized spacial score (nSPS) is 15.5. The number of aliphatic carboxylic acids is 1. The first kappa shape index (κ1) is 23.8. The van der Waals surface area contributed by atoms with Crippen LogP contribution >= 0.6 is 0 Å². The molecule has 1 unspecified atom stereocenters. The second-order valence-electron chi connectivity index (χ2n) is 6.89. The molecule has 0 saturated heterocycles. The molecule has 26 heavy (non-hydrogen) atoms. The van der Waals surface area contributed by atoms with E-state index in [1.54, 1.807) is 6.92 Å². The van der Waals surface area contributed by atoms with Gasteiger partial charge in [-0.3, -0.25) is 14.4 Å². The highest BCUT2D eigenvalue weighted by Crippen LogP contribution is 2.11. The molecule has 0 aromatic heterocycles. The minimum atomic E-state index is -1.12. The number of carboxylic acids is 1. The Kier molecular flexibility index (Phi) is 10.5. The summed E-state index contributed by atoms with van der Waals surface area (Å²) in [6, 6.07) is -2.80. The lowest BCUT2D eigenvalue weighted by Crippen LogP contribution is -2.57. The Labute approximate surface area is 154 Å². The van der Waals surface area contributed by atoms with Gasteiger partial charge in [0.05, 0.1) is 6.54 Å². The van der Waals surface area contributed by atoms with Crippen LogP contribution in [0.2, 0.25) is 0 Å². The molecule has 6 N–H and O–H groups in total. The Morgan fingerprint density at radius 1 is 0.962 bits per heavy atom. The van der Waals surface area contributed by atoms with Crippen molar-refractivity contribution in [1.82, 2.24) is 16.0 Å². The standard InChI is InChI=1S/C17H32N4O5/c1-6-10(4)14(21-15(23)11(5)19-13(22)8-18)16(24)20-12(17(25)26)7-9(2)3/h9-12,14H,6-8,18H2,1-5H3,(H,19,22)(H,20,24)(H,21,23)(H,25,26)/t10?,11-,12-,14-/m0/s1. The Hall–Kier alpha value is -2.16. The van der Waals surface area contributed by atoms with E-state index in [9.17, 15) is 24.3 Å². The zero-order valence-electron chi connectivity index (χ0n) is 16.2. The average Bonchev–Trinajstić information content (AvgIpc) is 2.57. The molecule has 0 aromatic carbocycles. The molecule has 0 rings (SSSR count). The van der Waals surface area contributed by atoms with Crippen molar-refractivity contribution in [3.05, 3.63) is 0 Å². The van der Waals surface area contributed by atoms with E-state index >= 15 is 0 Å². The van der Waals surface area contributed by atoms with E-state index in [-0.39, 0.29) is 24.8 Å². The number of carboxylic acid groups (broad SMARTS) is 1. The average molecular weight is 372 g/mol. The summed E-state index contributed by atoms with van der Waals surface area (Å²) in [5.41, 5.74) is 5.20. The topological polar surface area (TPSA) is 151 Å². The highest BCUT2D eigenvalue weighted by molar-refractivity contribution is 5.93. The molecule has 0 heterocycles. The lowest BCUT2D eigenvalue weighted by atomic mass is 9.96. The number of carbonyl (C=O) groups excluding carboxylic acids is 3. The van der Waals surface area contributed by atoms with Crippen molar-refractivity contribution in [1.29, 1.82) is 0 Å². The van der Waals surface area contributed by atoms with E-state index in [0.29, 0.717) is 6.42 Å². The number of amides is 3. The first-order valence-corrected chi connectivity index (χ1v) is 8.86.